The fourth-order valence-electron chi connectivity index (χ4n) is 2.63. The highest BCUT2D eigenvalue weighted by Crippen LogP contribution is 2.28. The van der Waals surface area contributed by atoms with Gasteiger partial charge in [-0.1, -0.05) is 48.6 Å². The quantitative estimate of drug-likeness (QED) is 0.594. The lowest BCUT2D eigenvalue weighted by molar-refractivity contribution is 0.0773. The van der Waals surface area contributed by atoms with E-state index in [1.807, 2.05) is 56.0 Å². The van der Waals surface area contributed by atoms with Gasteiger partial charge in [-0.25, -0.2) is 0 Å². The van der Waals surface area contributed by atoms with Crippen molar-refractivity contribution in [3.8, 4) is 0 Å². The van der Waals surface area contributed by atoms with Crippen LogP contribution in [0.1, 0.15) is 50.5 Å². The highest BCUT2D eigenvalue weighted by Gasteiger charge is 2.13. The molecule has 1 aromatic rings. The molecule has 0 fully saturated rings. The Bertz CT molecular complexity index is 666. The standard InChI is InChI=1S/C22H29NO/c1-8-20(17(6)7)21(15-16(4)5)18-11-13-19(14-12-18)22(24)23(9-2)10-3/h8,11-15H,1,4,9-10H2,2-3,5-7H3/b21-15-. The molecule has 0 aliphatic heterocycles. The smallest absolute Gasteiger partial charge is 0.253 e. The number of carbonyl (C=O) groups is 1. The third kappa shape index (κ3) is 4.82. The molecule has 0 N–H and O–H groups in total. The molecule has 1 aromatic carbocycles. The fraction of sp³-hybridized carbons (Fsp3) is 0.318. The van der Waals surface area contributed by atoms with Gasteiger partial charge in [-0.15, -0.1) is 0 Å². The van der Waals surface area contributed by atoms with Crippen molar-refractivity contribution in [1.82, 2.24) is 4.90 Å². The summed E-state index contributed by atoms with van der Waals surface area (Å²) >= 11 is 0. The van der Waals surface area contributed by atoms with Crippen LogP contribution in [0.5, 0.6) is 0 Å². The molecule has 0 bridgehead atoms. The lowest BCUT2D eigenvalue weighted by atomic mass is 9.92. The van der Waals surface area contributed by atoms with Crippen LogP contribution < -0.4 is 0 Å². The van der Waals surface area contributed by atoms with Crippen LogP contribution in [0.2, 0.25) is 0 Å². The van der Waals surface area contributed by atoms with Crippen molar-refractivity contribution >= 4 is 11.5 Å². The maximum absolute atomic E-state index is 12.4. The summed E-state index contributed by atoms with van der Waals surface area (Å²) in [5.74, 6) is 0.0724. The molecular formula is C22H29NO. The first-order valence-electron chi connectivity index (χ1n) is 8.42. The number of hydrogen-bond acceptors (Lipinski definition) is 1. The van der Waals surface area contributed by atoms with Crippen molar-refractivity contribution in [2.24, 2.45) is 0 Å². The van der Waals surface area contributed by atoms with E-state index in [4.69, 9.17) is 0 Å². The van der Waals surface area contributed by atoms with E-state index < -0.39 is 0 Å². The van der Waals surface area contributed by atoms with E-state index in [2.05, 4.69) is 33.1 Å². The van der Waals surface area contributed by atoms with E-state index in [1.165, 1.54) is 5.57 Å². The second kappa shape index (κ2) is 9.07. The van der Waals surface area contributed by atoms with Gasteiger partial charge in [-0.3, -0.25) is 4.79 Å². The predicted molar refractivity (Wildman–Crippen MR) is 105 cm³/mol. The molecule has 0 aliphatic carbocycles. The second-order valence-electron chi connectivity index (χ2n) is 6.08. The van der Waals surface area contributed by atoms with Gasteiger partial charge in [-0.05, 0) is 63.5 Å². The fourth-order valence-corrected chi connectivity index (χ4v) is 2.63. The summed E-state index contributed by atoms with van der Waals surface area (Å²) in [6.07, 6.45) is 3.93. The van der Waals surface area contributed by atoms with Gasteiger partial charge in [0.1, 0.15) is 0 Å². The molecule has 0 unspecified atom stereocenters. The number of nitrogens with zero attached hydrogens (tertiary/aromatic N) is 1. The van der Waals surface area contributed by atoms with Crippen LogP contribution in [-0.2, 0) is 0 Å². The Labute approximate surface area is 146 Å². The van der Waals surface area contributed by atoms with E-state index in [1.54, 1.807) is 0 Å². The SMILES string of the molecule is C=CC(=C(C)C)/C(=C\C(=C)C)c1ccc(C(=O)N(CC)CC)cc1. The molecule has 0 spiro atoms. The van der Waals surface area contributed by atoms with Gasteiger partial charge in [0.05, 0.1) is 0 Å². The third-order valence-corrected chi connectivity index (χ3v) is 3.92. The first kappa shape index (κ1) is 19.7. The van der Waals surface area contributed by atoms with Gasteiger partial charge < -0.3 is 4.90 Å². The lowest BCUT2D eigenvalue weighted by Crippen LogP contribution is -2.30. The molecule has 1 amide bonds. The highest BCUT2D eigenvalue weighted by atomic mass is 16.2. The van der Waals surface area contributed by atoms with Gasteiger partial charge in [0.25, 0.3) is 5.91 Å². The molecular weight excluding hydrogens is 294 g/mol. The average Bonchev–Trinajstić information content (AvgIpc) is 2.55. The van der Waals surface area contributed by atoms with Crippen LogP contribution in [0.15, 0.2) is 66.3 Å². The molecule has 0 atom stereocenters. The lowest BCUT2D eigenvalue weighted by Gasteiger charge is -2.19. The summed E-state index contributed by atoms with van der Waals surface area (Å²) in [4.78, 5) is 14.3. The maximum Gasteiger partial charge on any atom is 0.253 e. The number of hydrogen-bond donors (Lipinski definition) is 0. The summed E-state index contributed by atoms with van der Waals surface area (Å²) in [6, 6.07) is 7.79. The first-order valence-corrected chi connectivity index (χ1v) is 8.42. The number of rotatable bonds is 7. The van der Waals surface area contributed by atoms with Crippen molar-refractivity contribution < 1.29 is 4.79 Å². The van der Waals surface area contributed by atoms with Crippen LogP contribution in [0.4, 0.5) is 0 Å². The Morgan fingerprint density at radius 2 is 1.54 bits per heavy atom. The maximum atomic E-state index is 12.4. The van der Waals surface area contributed by atoms with E-state index in [9.17, 15) is 4.79 Å². The van der Waals surface area contributed by atoms with Gasteiger partial charge in [0, 0.05) is 18.7 Å². The van der Waals surface area contributed by atoms with Crippen molar-refractivity contribution in [2.75, 3.05) is 13.1 Å². The Morgan fingerprint density at radius 1 is 1.04 bits per heavy atom. The summed E-state index contributed by atoms with van der Waals surface area (Å²) < 4.78 is 0. The molecule has 2 nitrogen and oxygen atoms in total. The Kier molecular flexibility index (Phi) is 7.44. The summed E-state index contributed by atoms with van der Waals surface area (Å²) in [5, 5.41) is 0. The molecule has 2 heteroatoms. The van der Waals surface area contributed by atoms with E-state index in [0.29, 0.717) is 0 Å². The topological polar surface area (TPSA) is 20.3 Å². The zero-order chi connectivity index (χ0) is 18.3. The zero-order valence-electron chi connectivity index (χ0n) is 15.6. The number of allylic oxidation sites excluding steroid dienone is 6. The van der Waals surface area contributed by atoms with Crippen LogP contribution in [0, 0.1) is 0 Å². The van der Waals surface area contributed by atoms with Crippen LogP contribution in [-0.4, -0.2) is 23.9 Å². The monoisotopic (exact) mass is 323 g/mol. The van der Waals surface area contributed by atoms with Gasteiger partial charge in [-0.2, -0.15) is 0 Å². The molecule has 0 saturated carbocycles. The highest BCUT2D eigenvalue weighted by molar-refractivity contribution is 5.95. The number of benzene rings is 1. The van der Waals surface area contributed by atoms with Gasteiger partial charge in [0.2, 0.25) is 0 Å². The molecule has 0 heterocycles. The van der Waals surface area contributed by atoms with E-state index in [-0.39, 0.29) is 5.91 Å². The molecule has 0 radical (unpaired) electrons. The predicted octanol–water partition coefficient (Wildman–Crippen LogP) is 5.65. The van der Waals surface area contributed by atoms with Crippen molar-refractivity contribution in [2.45, 2.75) is 34.6 Å². The molecule has 1 rings (SSSR count). The second-order valence-corrected chi connectivity index (χ2v) is 6.08. The molecule has 0 aliphatic rings. The Morgan fingerprint density at radius 3 is 1.92 bits per heavy atom. The van der Waals surface area contributed by atoms with Gasteiger partial charge in [0.15, 0.2) is 0 Å². The van der Waals surface area contributed by atoms with Crippen LogP contribution in [0.25, 0.3) is 5.57 Å². The van der Waals surface area contributed by atoms with E-state index in [0.717, 1.165) is 40.9 Å². The molecule has 0 saturated heterocycles. The minimum absolute atomic E-state index is 0.0724. The minimum atomic E-state index is 0.0724. The minimum Gasteiger partial charge on any atom is -0.339 e. The summed E-state index contributed by atoms with van der Waals surface area (Å²) in [6.45, 7) is 19.5. The van der Waals surface area contributed by atoms with E-state index >= 15 is 0 Å². The molecule has 24 heavy (non-hydrogen) atoms. The van der Waals surface area contributed by atoms with Crippen LogP contribution in [0.3, 0.4) is 0 Å². The van der Waals surface area contributed by atoms with Crippen molar-refractivity contribution in [1.29, 1.82) is 0 Å². The first-order chi connectivity index (χ1) is 11.3. The summed E-state index contributed by atoms with van der Waals surface area (Å²) in [5.41, 5.74) is 6.13. The number of carbonyl (C=O) groups excluding carboxylic acids is 1. The normalized spacial score (nSPS) is 11.0. The Balaban J connectivity index is 3.30. The largest absolute Gasteiger partial charge is 0.339 e. The number of amides is 1. The zero-order valence-corrected chi connectivity index (χ0v) is 15.6. The Hall–Kier alpha value is -2.35. The summed E-state index contributed by atoms with van der Waals surface area (Å²) in [7, 11) is 0. The third-order valence-electron chi connectivity index (χ3n) is 3.92. The average molecular weight is 323 g/mol. The van der Waals surface area contributed by atoms with Gasteiger partial charge >= 0.3 is 0 Å². The van der Waals surface area contributed by atoms with Crippen molar-refractivity contribution in [3.05, 3.63) is 77.4 Å². The molecule has 128 valence electrons. The van der Waals surface area contributed by atoms with Crippen molar-refractivity contribution in [3.63, 3.8) is 0 Å². The molecule has 0 aromatic heterocycles. The van der Waals surface area contributed by atoms with Crippen LogP contribution >= 0.6 is 0 Å².